The SMILES string of the molecule is Cc1c(-c2nnc(C(N)=O)c3[nH]c4cc(C(C)(C)O)ccc4c23)cccc1-n1cnc2ccccc2c1=O. The van der Waals surface area contributed by atoms with Crippen LogP contribution in [-0.4, -0.2) is 35.7 Å². The average molecular weight is 505 g/mol. The number of aromatic nitrogens is 5. The monoisotopic (exact) mass is 504 g/mol. The molecule has 6 aromatic rings. The van der Waals surface area contributed by atoms with E-state index in [0.29, 0.717) is 44.3 Å². The van der Waals surface area contributed by atoms with Gasteiger partial charge in [-0.2, -0.15) is 0 Å². The summed E-state index contributed by atoms with van der Waals surface area (Å²) in [6.07, 6.45) is 1.53. The van der Waals surface area contributed by atoms with Gasteiger partial charge in [0.05, 0.1) is 27.7 Å². The lowest BCUT2D eigenvalue weighted by Crippen LogP contribution is -2.19. The molecule has 3 aromatic carbocycles. The maximum absolute atomic E-state index is 13.3. The Labute approximate surface area is 216 Å². The summed E-state index contributed by atoms with van der Waals surface area (Å²) in [5.41, 5.74) is 9.65. The Hall–Kier alpha value is -4.89. The van der Waals surface area contributed by atoms with Crippen molar-refractivity contribution in [3.8, 4) is 16.9 Å². The van der Waals surface area contributed by atoms with Crippen LogP contribution in [0.25, 0.3) is 49.7 Å². The lowest BCUT2D eigenvalue weighted by atomic mass is 9.95. The molecule has 3 heterocycles. The molecule has 0 saturated heterocycles. The van der Waals surface area contributed by atoms with Crippen LogP contribution in [0.3, 0.4) is 0 Å². The summed E-state index contributed by atoms with van der Waals surface area (Å²) in [5, 5.41) is 21.1. The third kappa shape index (κ3) is 3.55. The van der Waals surface area contributed by atoms with Crippen molar-refractivity contribution < 1.29 is 9.90 Å². The molecular weight excluding hydrogens is 480 g/mol. The zero-order chi connectivity index (χ0) is 26.8. The number of aromatic amines is 1. The molecule has 4 N–H and O–H groups in total. The fourth-order valence-electron chi connectivity index (χ4n) is 4.94. The molecule has 0 radical (unpaired) electrons. The molecule has 0 aliphatic carbocycles. The van der Waals surface area contributed by atoms with E-state index in [1.165, 1.54) is 10.9 Å². The minimum Gasteiger partial charge on any atom is -0.386 e. The molecule has 188 valence electrons. The lowest BCUT2D eigenvalue weighted by Gasteiger charge is -2.17. The summed E-state index contributed by atoms with van der Waals surface area (Å²) in [5.74, 6) is -0.706. The Bertz CT molecular complexity index is 1980. The predicted molar refractivity (Wildman–Crippen MR) is 146 cm³/mol. The number of rotatable bonds is 4. The number of fused-ring (bicyclic) bond motifs is 4. The molecule has 0 spiro atoms. The van der Waals surface area contributed by atoms with Gasteiger partial charge in [0.15, 0.2) is 5.69 Å². The molecule has 0 aliphatic heterocycles. The lowest BCUT2D eigenvalue weighted by molar-refractivity contribution is 0.0787. The molecule has 0 fully saturated rings. The zero-order valence-electron chi connectivity index (χ0n) is 21.0. The Morgan fingerprint density at radius 3 is 2.58 bits per heavy atom. The second kappa shape index (κ2) is 8.32. The molecule has 38 heavy (non-hydrogen) atoms. The van der Waals surface area contributed by atoms with Crippen molar-refractivity contribution in [3.05, 3.63) is 94.2 Å². The molecule has 1 amide bonds. The Morgan fingerprint density at radius 1 is 1.03 bits per heavy atom. The normalized spacial score (nSPS) is 12.0. The van der Waals surface area contributed by atoms with Crippen molar-refractivity contribution in [1.82, 2.24) is 24.7 Å². The zero-order valence-corrected chi connectivity index (χ0v) is 21.0. The second-order valence-electron chi connectivity index (χ2n) is 9.84. The largest absolute Gasteiger partial charge is 0.386 e. The van der Waals surface area contributed by atoms with Crippen molar-refractivity contribution in [2.24, 2.45) is 5.73 Å². The van der Waals surface area contributed by atoms with Gasteiger partial charge in [0.1, 0.15) is 12.0 Å². The molecule has 0 saturated carbocycles. The summed E-state index contributed by atoms with van der Waals surface area (Å²) in [7, 11) is 0. The number of para-hydroxylation sites is 1. The van der Waals surface area contributed by atoms with Crippen LogP contribution < -0.4 is 11.3 Å². The average Bonchev–Trinajstić information content (AvgIpc) is 3.27. The fraction of sp³-hybridized carbons (Fsp3) is 0.138. The summed E-state index contributed by atoms with van der Waals surface area (Å²) >= 11 is 0. The number of nitrogens with two attached hydrogens (primary N) is 1. The molecule has 0 bridgehead atoms. The number of carbonyl (C=O) groups excluding carboxylic acids is 1. The van der Waals surface area contributed by atoms with Gasteiger partial charge in [-0.3, -0.25) is 14.2 Å². The van der Waals surface area contributed by atoms with Gasteiger partial charge in [0, 0.05) is 21.9 Å². The van der Waals surface area contributed by atoms with Gasteiger partial charge in [-0.1, -0.05) is 36.4 Å². The smallest absolute Gasteiger partial charge is 0.271 e. The number of amides is 1. The highest BCUT2D eigenvalue weighted by molar-refractivity contribution is 6.18. The van der Waals surface area contributed by atoms with Crippen LogP contribution in [0, 0.1) is 6.92 Å². The number of primary amides is 1. The van der Waals surface area contributed by atoms with Crippen molar-refractivity contribution >= 4 is 38.6 Å². The van der Waals surface area contributed by atoms with E-state index in [0.717, 1.165) is 16.5 Å². The van der Waals surface area contributed by atoms with E-state index in [9.17, 15) is 14.7 Å². The summed E-state index contributed by atoms with van der Waals surface area (Å²) in [6, 6.07) is 18.4. The van der Waals surface area contributed by atoms with E-state index in [4.69, 9.17) is 5.73 Å². The maximum Gasteiger partial charge on any atom is 0.271 e. The van der Waals surface area contributed by atoms with Crippen molar-refractivity contribution in [2.45, 2.75) is 26.4 Å². The van der Waals surface area contributed by atoms with Crippen LogP contribution in [0.15, 0.2) is 71.8 Å². The molecule has 0 unspecified atom stereocenters. The Kier molecular flexibility index (Phi) is 5.15. The van der Waals surface area contributed by atoms with Gasteiger partial charge < -0.3 is 15.8 Å². The van der Waals surface area contributed by atoms with Gasteiger partial charge >= 0.3 is 0 Å². The first-order valence-corrected chi connectivity index (χ1v) is 12.1. The number of aliphatic hydroxyl groups is 1. The van der Waals surface area contributed by atoms with E-state index in [2.05, 4.69) is 20.2 Å². The van der Waals surface area contributed by atoms with E-state index in [1.54, 1.807) is 26.0 Å². The number of nitrogens with one attached hydrogen (secondary N) is 1. The molecular formula is C29H24N6O3. The van der Waals surface area contributed by atoms with E-state index < -0.39 is 11.5 Å². The van der Waals surface area contributed by atoms with Crippen molar-refractivity contribution in [3.63, 3.8) is 0 Å². The Morgan fingerprint density at radius 2 is 1.82 bits per heavy atom. The van der Waals surface area contributed by atoms with Gasteiger partial charge in [-0.25, -0.2) is 4.98 Å². The fourth-order valence-corrected chi connectivity index (χ4v) is 4.94. The predicted octanol–water partition coefficient (Wildman–Crippen LogP) is 4.11. The van der Waals surface area contributed by atoms with E-state index >= 15 is 0 Å². The number of benzene rings is 3. The third-order valence-corrected chi connectivity index (χ3v) is 6.95. The van der Waals surface area contributed by atoms with Crippen molar-refractivity contribution in [2.75, 3.05) is 0 Å². The van der Waals surface area contributed by atoms with E-state index in [-0.39, 0.29) is 11.3 Å². The number of nitrogens with zero attached hydrogens (tertiary/aromatic N) is 4. The van der Waals surface area contributed by atoms with Gasteiger partial charge in [-0.15, -0.1) is 10.2 Å². The molecule has 0 atom stereocenters. The number of hydrogen-bond acceptors (Lipinski definition) is 6. The molecule has 6 rings (SSSR count). The van der Waals surface area contributed by atoms with Crippen LogP contribution in [0.2, 0.25) is 0 Å². The van der Waals surface area contributed by atoms with Crippen LogP contribution >= 0.6 is 0 Å². The minimum absolute atomic E-state index is 0.0218. The van der Waals surface area contributed by atoms with E-state index in [1.807, 2.05) is 55.5 Å². The summed E-state index contributed by atoms with van der Waals surface area (Å²) < 4.78 is 1.52. The first-order valence-electron chi connectivity index (χ1n) is 12.1. The molecule has 9 nitrogen and oxygen atoms in total. The summed E-state index contributed by atoms with van der Waals surface area (Å²) in [4.78, 5) is 33.3. The van der Waals surface area contributed by atoms with Gasteiger partial charge in [0.25, 0.3) is 11.5 Å². The first-order chi connectivity index (χ1) is 18.1. The molecule has 3 aromatic heterocycles. The summed E-state index contributed by atoms with van der Waals surface area (Å²) in [6.45, 7) is 5.32. The highest BCUT2D eigenvalue weighted by Gasteiger charge is 2.23. The number of H-pyrrole nitrogens is 1. The van der Waals surface area contributed by atoms with Gasteiger partial charge in [-0.05, 0) is 56.2 Å². The van der Waals surface area contributed by atoms with Crippen LogP contribution in [0.1, 0.15) is 35.5 Å². The number of carbonyl (C=O) groups is 1. The first kappa shape index (κ1) is 23.5. The molecule has 0 aliphatic rings. The topological polar surface area (TPSA) is 140 Å². The standard InChI is InChI=1S/C29H24N6O3/c1-15-17(8-6-10-22(15)35-14-31-20-9-5-4-7-19(20)28(35)37)24-23-18-12-11-16(29(2,3)38)13-21(18)32-25(23)26(27(30)36)34-33-24/h4-14,32,38H,1-3H3,(H2,30,36). The second-order valence-corrected chi connectivity index (χ2v) is 9.84. The van der Waals surface area contributed by atoms with Crippen LogP contribution in [0.4, 0.5) is 0 Å². The number of hydrogen-bond donors (Lipinski definition) is 3. The van der Waals surface area contributed by atoms with Gasteiger partial charge in [0.2, 0.25) is 0 Å². The highest BCUT2D eigenvalue weighted by Crippen LogP contribution is 2.37. The Balaban J connectivity index is 1.63. The van der Waals surface area contributed by atoms with Crippen LogP contribution in [0.5, 0.6) is 0 Å². The maximum atomic E-state index is 13.3. The third-order valence-electron chi connectivity index (χ3n) is 6.95. The quantitative estimate of drug-likeness (QED) is 0.330. The van der Waals surface area contributed by atoms with Crippen molar-refractivity contribution in [1.29, 1.82) is 0 Å². The minimum atomic E-state index is -1.05. The molecule has 9 heteroatoms. The highest BCUT2D eigenvalue weighted by atomic mass is 16.3. The van der Waals surface area contributed by atoms with Crippen LogP contribution in [-0.2, 0) is 5.60 Å².